The number of carboxylic acids is 1. The van der Waals surface area contributed by atoms with Crippen LogP contribution in [0.2, 0.25) is 0 Å². The number of carbonyl (C=O) groups excluding carboxylic acids is 1. The molecule has 0 unspecified atom stereocenters. The maximum Gasteiger partial charge on any atom is 0.410 e. The van der Waals surface area contributed by atoms with Crippen LogP contribution in [0.3, 0.4) is 0 Å². The van der Waals surface area contributed by atoms with Crippen molar-refractivity contribution in [2.24, 2.45) is 0 Å². The number of aryl methyl sites for hydroxylation is 2. The average molecular weight is 896 g/mol. The maximum absolute atomic E-state index is 12.5. The molecule has 0 radical (unpaired) electrons. The molecule has 7 rings (SSSR count). The average Bonchev–Trinajstić information content (AvgIpc) is 3.93. The molecular formula is C46H46IN3O8. The minimum absolute atomic E-state index is 0.000146. The Morgan fingerprint density at radius 2 is 1.16 bits per heavy atom. The molecule has 1 amide bonds. The summed E-state index contributed by atoms with van der Waals surface area (Å²) in [5.41, 5.74) is 4.56. The lowest BCUT2D eigenvalue weighted by molar-refractivity contribution is -0.132. The van der Waals surface area contributed by atoms with Crippen molar-refractivity contribution in [1.82, 2.24) is 14.9 Å². The number of nitrogens with zero attached hydrogens (tertiary/aromatic N) is 3. The highest BCUT2D eigenvalue weighted by Crippen LogP contribution is 2.30. The zero-order chi connectivity index (χ0) is 41.2. The summed E-state index contributed by atoms with van der Waals surface area (Å²) in [6.45, 7) is 10.3. The Labute approximate surface area is 351 Å². The molecule has 0 saturated carbocycles. The van der Waals surface area contributed by atoms with Gasteiger partial charge in [-0.2, -0.15) is 0 Å². The third kappa shape index (κ3) is 11.4. The van der Waals surface area contributed by atoms with E-state index in [1.807, 2.05) is 98.8 Å². The fraction of sp³-hybridized carbons (Fsp3) is 0.261. The molecule has 2 aromatic heterocycles. The molecule has 0 fully saturated rings. The highest BCUT2D eigenvalue weighted by Gasteiger charge is 2.33. The van der Waals surface area contributed by atoms with Gasteiger partial charge in [-0.25, -0.2) is 19.6 Å². The Morgan fingerprint density at radius 3 is 1.60 bits per heavy atom. The van der Waals surface area contributed by atoms with E-state index in [1.165, 1.54) is 8.47 Å². The molecule has 12 heteroatoms. The number of carboxylic acid groups (broad SMARTS) is 1. The first-order valence-electron chi connectivity index (χ1n) is 18.9. The van der Waals surface area contributed by atoms with E-state index >= 15 is 0 Å². The van der Waals surface area contributed by atoms with E-state index in [-0.39, 0.29) is 18.7 Å². The van der Waals surface area contributed by atoms with Gasteiger partial charge in [0.2, 0.25) is 11.8 Å². The third-order valence-corrected chi connectivity index (χ3v) is 9.75. The highest BCUT2D eigenvalue weighted by molar-refractivity contribution is 14.1. The topological polar surface area (TPSA) is 137 Å². The van der Waals surface area contributed by atoms with E-state index < -0.39 is 17.7 Å². The van der Waals surface area contributed by atoms with Crippen molar-refractivity contribution in [1.29, 1.82) is 0 Å². The molecule has 0 spiro atoms. The number of benzene rings is 4. The van der Waals surface area contributed by atoms with Gasteiger partial charge in [-0.15, -0.1) is 0 Å². The maximum atomic E-state index is 12.5. The molecule has 3 heterocycles. The summed E-state index contributed by atoms with van der Waals surface area (Å²) in [6.07, 6.45) is 0.784. The van der Waals surface area contributed by atoms with Gasteiger partial charge >= 0.3 is 12.1 Å². The number of carbonyl (C=O) groups is 2. The van der Waals surface area contributed by atoms with Crippen LogP contribution >= 0.6 is 22.6 Å². The highest BCUT2D eigenvalue weighted by atomic mass is 127. The van der Waals surface area contributed by atoms with Crippen LogP contribution in [0, 0.1) is 17.4 Å². The molecule has 0 aliphatic carbocycles. The van der Waals surface area contributed by atoms with Crippen LogP contribution in [-0.2, 0) is 22.4 Å². The standard InChI is InChI=1S/C28H30N2O6.C18H16INO2/c1-18-24(29-25(35-18)20-8-6-5-7-9-20)14-15-34-21-12-10-19(11-13-21)22-16-30(17-23(22)26(31)32)27(33)36-28(2,3)4;1-13-17(11-12-21-16-9-7-15(19)8-10-16)20-18(22-13)14-5-3-2-4-6-14/h5-13H,14-17H2,1-4H3,(H,31,32);2-10H,11-12H2,1H3. The van der Waals surface area contributed by atoms with Crippen LogP contribution < -0.4 is 9.47 Å². The third-order valence-electron chi connectivity index (χ3n) is 9.03. The fourth-order valence-electron chi connectivity index (χ4n) is 6.09. The van der Waals surface area contributed by atoms with Gasteiger partial charge in [0.15, 0.2) is 0 Å². The first-order chi connectivity index (χ1) is 27.8. The number of hydrogen-bond donors (Lipinski definition) is 1. The Hall–Kier alpha value is -5.89. The second kappa shape index (κ2) is 19.0. The van der Waals surface area contributed by atoms with Crippen molar-refractivity contribution >= 4 is 40.2 Å². The SMILES string of the molecule is Cc1oc(-c2ccccc2)nc1CCOc1ccc(C2=C(C(=O)O)CN(C(=O)OC(C)(C)C)C2)cc1.Cc1oc(-c2ccccc2)nc1CCOc1ccc(I)cc1. The normalized spacial score (nSPS) is 12.6. The lowest BCUT2D eigenvalue weighted by atomic mass is 10.0. The number of hydrogen-bond acceptors (Lipinski definition) is 9. The molecule has 4 aromatic carbocycles. The number of ether oxygens (including phenoxy) is 3. The number of oxazole rings is 2. The van der Waals surface area contributed by atoms with E-state index in [9.17, 15) is 14.7 Å². The largest absolute Gasteiger partial charge is 0.493 e. The van der Waals surface area contributed by atoms with Crippen molar-refractivity contribution in [2.75, 3.05) is 26.3 Å². The number of halogens is 1. The minimum Gasteiger partial charge on any atom is -0.493 e. The van der Waals surface area contributed by atoms with E-state index in [2.05, 4.69) is 32.6 Å². The van der Waals surface area contributed by atoms with Gasteiger partial charge in [0.1, 0.15) is 28.6 Å². The molecular weight excluding hydrogens is 849 g/mol. The predicted octanol–water partition coefficient (Wildman–Crippen LogP) is 10.2. The summed E-state index contributed by atoms with van der Waals surface area (Å²) >= 11 is 2.28. The van der Waals surface area contributed by atoms with Gasteiger partial charge in [-0.1, -0.05) is 48.5 Å². The van der Waals surface area contributed by atoms with Crippen molar-refractivity contribution in [3.63, 3.8) is 0 Å². The Kier molecular flexibility index (Phi) is 13.7. The molecule has 1 N–H and O–H groups in total. The van der Waals surface area contributed by atoms with Gasteiger partial charge in [0, 0.05) is 27.5 Å². The first kappa shape index (κ1) is 41.7. The molecule has 0 saturated heterocycles. The van der Waals surface area contributed by atoms with Crippen LogP contribution in [0.5, 0.6) is 11.5 Å². The number of amides is 1. The Morgan fingerprint density at radius 1 is 0.690 bits per heavy atom. The minimum atomic E-state index is -1.05. The van der Waals surface area contributed by atoms with Crippen LogP contribution in [0.15, 0.2) is 124 Å². The second-order valence-corrected chi connectivity index (χ2v) is 15.8. The lowest BCUT2D eigenvalue weighted by Crippen LogP contribution is -2.36. The number of rotatable bonds is 12. The summed E-state index contributed by atoms with van der Waals surface area (Å²) in [5, 5.41) is 9.68. The van der Waals surface area contributed by atoms with E-state index in [0.717, 1.165) is 51.8 Å². The summed E-state index contributed by atoms with van der Waals surface area (Å²) in [6, 6.07) is 34.9. The van der Waals surface area contributed by atoms with Crippen molar-refractivity contribution < 1.29 is 37.7 Å². The molecule has 1 aliphatic heterocycles. The van der Waals surface area contributed by atoms with Crippen molar-refractivity contribution in [3.8, 4) is 34.4 Å². The lowest BCUT2D eigenvalue weighted by Gasteiger charge is -2.24. The fourth-order valence-corrected chi connectivity index (χ4v) is 6.45. The van der Waals surface area contributed by atoms with E-state index in [0.29, 0.717) is 42.7 Å². The molecule has 300 valence electrons. The zero-order valence-corrected chi connectivity index (χ0v) is 35.3. The number of aliphatic carboxylic acids is 1. The summed E-state index contributed by atoms with van der Waals surface area (Å²) < 4.78 is 29.8. The summed E-state index contributed by atoms with van der Waals surface area (Å²) in [5.74, 6) is 3.36. The van der Waals surface area contributed by atoms with Crippen LogP contribution in [0.4, 0.5) is 4.79 Å². The first-order valence-corrected chi connectivity index (χ1v) is 20.0. The summed E-state index contributed by atoms with van der Waals surface area (Å²) in [4.78, 5) is 34.9. The molecule has 11 nitrogen and oxygen atoms in total. The molecule has 0 atom stereocenters. The molecule has 0 bridgehead atoms. The van der Waals surface area contributed by atoms with Crippen LogP contribution in [0.1, 0.15) is 49.2 Å². The van der Waals surface area contributed by atoms with E-state index in [4.69, 9.17) is 23.0 Å². The predicted molar refractivity (Wildman–Crippen MR) is 230 cm³/mol. The molecule has 58 heavy (non-hydrogen) atoms. The van der Waals surface area contributed by atoms with Gasteiger partial charge in [0.05, 0.1) is 43.3 Å². The van der Waals surface area contributed by atoms with Crippen LogP contribution in [-0.4, -0.2) is 63.9 Å². The molecule has 1 aliphatic rings. The van der Waals surface area contributed by atoms with E-state index in [1.54, 1.807) is 45.0 Å². The van der Waals surface area contributed by atoms with Crippen LogP contribution in [0.25, 0.3) is 28.5 Å². The zero-order valence-electron chi connectivity index (χ0n) is 33.2. The monoisotopic (exact) mass is 895 g/mol. The van der Waals surface area contributed by atoms with Crippen molar-refractivity contribution in [3.05, 3.63) is 147 Å². The Bertz CT molecular complexity index is 2330. The van der Waals surface area contributed by atoms with Gasteiger partial charge in [-0.3, -0.25) is 4.90 Å². The summed E-state index contributed by atoms with van der Waals surface area (Å²) in [7, 11) is 0. The second-order valence-electron chi connectivity index (χ2n) is 14.5. The van der Waals surface area contributed by atoms with Gasteiger partial charge < -0.3 is 28.2 Å². The smallest absolute Gasteiger partial charge is 0.410 e. The van der Waals surface area contributed by atoms with Crippen molar-refractivity contribution in [2.45, 2.75) is 53.1 Å². The quantitative estimate of drug-likeness (QED) is 0.118. The van der Waals surface area contributed by atoms with Gasteiger partial charge in [0.25, 0.3) is 0 Å². The Balaban J connectivity index is 0.000000220. The van der Waals surface area contributed by atoms with Gasteiger partial charge in [-0.05, 0) is 129 Å². The number of aromatic nitrogens is 2. The molecule has 6 aromatic rings.